The zero-order valence-corrected chi connectivity index (χ0v) is 23.4. The highest BCUT2D eigenvalue weighted by atomic mass is 32.1. The summed E-state index contributed by atoms with van der Waals surface area (Å²) in [6.07, 6.45) is 1.63. The Hall–Kier alpha value is -4.43. The highest BCUT2D eigenvalue weighted by molar-refractivity contribution is 7.09. The summed E-state index contributed by atoms with van der Waals surface area (Å²) < 4.78 is 2.13. The lowest BCUT2D eigenvalue weighted by atomic mass is 10.0. The van der Waals surface area contributed by atoms with E-state index >= 15 is 0 Å². The number of hydrogen-bond acceptors (Lipinski definition) is 5. The van der Waals surface area contributed by atoms with Crippen molar-refractivity contribution in [3.05, 3.63) is 106 Å². The number of anilines is 1. The number of aryl methyl sites for hydroxylation is 2. The van der Waals surface area contributed by atoms with Crippen molar-refractivity contribution in [1.29, 1.82) is 0 Å². The van der Waals surface area contributed by atoms with E-state index in [2.05, 4.69) is 57.0 Å². The first-order valence-electron chi connectivity index (χ1n) is 13.4. The van der Waals surface area contributed by atoms with Gasteiger partial charge in [-0.1, -0.05) is 48.0 Å². The van der Waals surface area contributed by atoms with Crippen LogP contribution in [-0.4, -0.2) is 52.4 Å². The van der Waals surface area contributed by atoms with Crippen molar-refractivity contribution in [2.24, 2.45) is 7.05 Å². The topological polar surface area (TPSA) is 70.5 Å². The van der Waals surface area contributed by atoms with Gasteiger partial charge in [0.25, 0.3) is 11.8 Å². The molecule has 8 heteroatoms. The maximum absolute atomic E-state index is 14.1. The van der Waals surface area contributed by atoms with E-state index in [1.54, 1.807) is 17.5 Å². The number of rotatable bonds is 6. The van der Waals surface area contributed by atoms with E-state index < -0.39 is 0 Å². The lowest BCUT2D eigenvalue weighted by Gasteiger charge is -2.35. The van der Waals surface area contributed by atoms with Gasteiger partial charge in [0.15, 0.2) is 0 Å². The minimum absolute atomic E-state index is 0.0559. The number of benzene rings is 2. The van der Waals surface area contributed by atoms with Crippen molar-refractivity contribution in [2.45, 2.75) is 13.5 Å². The summed E-state index contributed by atoms with van der Waals surface area (Å²) in [6, 6.07) is 24.1. The molecule has 2 amide bonds. The summed E-state index contributed by atoms with van der Waals surface area (Å²) in [6.45, 7) is 5.12. The van der Waals surface area contributed by atoms with Gasteiger partial charge in [-0.3, -0.25) is 9.59 Å². The second-order valence-electron chi connectivity index (χ2n) is 10.1. The van der Waals surface area contributed by atoms with Gasteiger partial charge in [0, 0.05) is 55.2 Å². The fraction of sp³-hybridized carbons (Fsp3) is 0.219. The predicted octanol–water partition coefficient (Wildman–Crippen LogP) is 5.50. The summed E-state index contributed by atoms with van der Waals surface area (Å²) >= 11 is 1.62. The highest BCUT2D eigenvalue weighted by Gasteiger charge is 2.29. The average Bonchev–Trinajstić information content (AvgIpc) is 3.62. The van der Waals surface area contributed by atoms with Crippen LogP contribution in [0.25, 0.3) is 22.2 Å². The second-order valence-corrected chi connectivity index (χ2v) is 11.1. The lowest BCUT2D eigenvalue weighted by Crippen LogP contribution is -2.49. The molecule has 0 bridgehead atoms. The van der Waals surface area contributed by atoms with Crippen LogP contribution < -0.4 is 10.2 Å². The third-order valence-corrected chi connectivity index (χ3v) is 8.40. The minimum Gasteiger partial charge on any atom is -0.353 e. The Morgan fingerprint density at radius 1 is 0.950 bits per heavy atom. The number of carbonyl (C=O) groups is 2. The van der Waals surface area contributed by atoms with E-state index in [0.717, 1.165) is 44.0 Å². The Kier molecular flexibility index (Phi) is 7.09. The first-order valence-corrected chi connectivity index (χ1v) is 14.3. The molecule has 202 valence electrons. The van der Waals surface area contributed by atoms with Crippen LogP contribution in [0.4, 0.5) is 5.82 Å². The minimum atomic E-state index is -0.137. The van der Waals surface area contributed by atoms with E-state index in [4.69, 9.17) is 0 Å². The Morgan fingerprint density at radius 3 is 2.45 bits per heavy atom. The van der Waals surface area contributed by atoms with Gasteiger partial charge in [-0.15, -0.1) is 11.3 Å². The van der Waals surface area contributed by atoms with Gasteiger partial charge in [-0.2, -0.15) is 0 Å². The van der Waals surface area contributed by atoms with E-state index in [9.17, 15) is 9.59 Å². The van der Waals surface area contributed by atoms with Crippen molar-refractivity contribution in [3.8, 4) is 11.3 Å². The molecule has 40 heavy (non-hydrogen) atoms. The number of thiophene rings is 1. The van der Waals surface area contributed by atoms with Crippen LogP contribution >= 0.6 is 11.3 Å². The molecule has 1 fully saturated rings. The monoisotopic (exact) mass is 549 g/mol. The number of nitrogens with one attached hydrogen (secondary N) is 1. The molecule has 0 atom stereocenters. The molecule has 1 N–H and O–H groups in total. The second kappa shape index (κ2) is 11.0. The Morgan fingerprint density at radius 2 is 1.75 bits per heavy atom. The third kappa shape index (κ3) is 4.98. The number of piperazine rings is 1. The van der Waals surface area contributed by atoms with Gasteiger partial charge >= 0.3 is 0 Å². The number of fused-ring (bicyclic) bond motifs is 1. The average molecular weight is 550 g/mol. The van der Waals surface area contributed by atoms with Crippen LogP contribution in [0.5, 0.6) is 0 Å². The molecule has 6 rings (SSSR count). The van der Waals surface area contributed by atoms with Crippen molar-refractivity contribution < 1.29 is 9.59 Å². The molecule has 3 aromatic heterocycles. The quantitative estimate of drug-likeness (QED) is 0.304. The highest BCUT2D eigenvalue weighted by Crippen LogP contribution is 2.35. The standard InChI is InChI=1S/C32H31N5O2S/c1-22-10-12-27-26(19-22)29(30(35(27)2)23-7-4-3-5-8-23)32(39)37-16-14-36(15-17-37)28-13-11-24(20-33-28)31(38)34-21-25-9-6-18-40-25/h3-13,18-20H,14-17,21H2,1-2H3,(H,34,38). The summed E-state index contributed by atoms with van der Waals surface area (Å²) in [5.41, 5.74) is 5.46. The molecular formula is C32H31N5O2S. The van der Waals surface area contributed by atoms with E-state index in [0.29, 0.717) is 38.3 Å². The number of carbonyl (C=O) groups excluding carboxylic acids is 2. The molecule has 0 radical (unpaired) electrons. The third-order valence-electron chi connectivity index (χ3n) is 7.52. The van der Waals surface area contributed by atoms with Crippen LogP contribution in [-0.2, 0) is 13.6 Å². The van der Waals surface area contributed by atoms with Crippen molar-refractivity contribution in [1.82, 2.24) is 19.8 Å². The molecular weight excluding hydrogens is 518 g/mol. The van der Waals surface area contributed by atoms with Crippen molar-refractivity contribution in [2.75, 3.05) is 31.1 Å². The smallest absolute Gasteiger partial charge is 0.256 e. The summed E-state index contributed by atoms with van der Waals surface area (Å²) in [4.78, 5) is 36.4. The SMILES string of the molecule is Cc1ccc2c(c1)c(C(=O)N1CCN(c3ccc(C(=O)NCc4cccs4)cn3)CC1)c(-c1ccccc1)n2C. The van der Waals surface area contributed by atoms with Gasteiger partial charge in [-0.05, 0) is 48.2 Å². The van der Waals surface area contributed by atoms with Gasteiger partial charge in [0.2, 0.25) is 0 Å². The zero-order valence-electron chi connectivity index (χ0n) is 22.6. The first-order chi connectivity index (χ1) is 19.5. The van der Waals surface area contributed by atoms with Crippen LogP contribution in [0.2, 0.25) is 0 Å². The molecule has 1 aliphatic rings. The number of nitrogens with zero attached hydrogens (tertiary/aromatic N) is 4. The molecule has 0 saturated carbocycles. The Balaban J connectivity index is 1.17. The fourth-order valence-electron chi connectivity index (χ4n) is 5.40. The summed E-state index contributed by atoms with van der Waals surface area (Å²) in [7, 11) is 2.03. The number of pyridine rings is 1. The van der Waals surface area contributed by atoms with Gasteiger partial charge in [-0.25, -0.2) is 4.98 Å². The predicted molar refractivity (Wildman–Crippen MR) is 161 cm³/mol. The van der Waals surface area contributed by atoms with Gasteiger partial charge in [0.1, 0.15) is 5.82 Å². The summed E-state index contributed by atoms with van der Waals surface area (Å²) in [5.74, 6) is 0.732. The summed E-state index contributed by atoms with van der Waals surface area (Å²) in [5, 5.41) is 5.93. The Labute approximate surface area is 237 Å². The van der Waals surface area contributed by atoms with E-state index in [1.165, 1.54) is 0 Å². The maximum atomic E-state index is 14.1. The normalized spacial score (nSPS) is 13.6. The zero-order chi connectivity index (χ0) is 27.6. The van der Waals surface area contributed by atoms with Crippen LogP contribution in [0.3, 0.4) is 0 Å². The molecule has 1 aliphatic heterocycles. The molecule has 0 spiro atoms. The first kappa shape index (κ1) is 25.8. The number of aromatic nitrogens is 2. The fourth-order valence-corrected chi connectivity index (χ4v) is 6.04. The molecule has 5 aromatic rings. The molecule has 0 aliphatic carbocycles. The molecule has 4 heterocycles. The number of hydrogen-bond donors (Lipinski definition) is 1. The van der Waals surface area contributed by atoms with Gasteiger partial charge in [0.05, 0.1) is 23.4 Å². The largest absolute Gasteiger partial charge is 0.353 e. The lowest BCUT2D eigenvalue weighted by molar-refractivity contribution is 0.0748. The van der Waals surface area contributed by atoms with Gasteiger partial charge < -0.3 is 19.7 Å². The molecule has 2 aromatic carbocycles. The number of amides is 2. The van der Waals surface area contributed by atoms with Crippen LogP contribution in [0.15, 0.2) is 84.4 Å². The van der Waals surface area contributed by atoms with Crippen molar-refractivity contribution in [3.63, 3.8) is 0 Å². The van der Waals surface area contributed by atoms with E-state index in [1.807, 2.05) is 59.8 Å². The van der Waals surface area contributed by atoms with Crippen LogP contribution in [0.1, 0.15) is 31.2 Å². The maximum Gasteiger partial charge on any atom is 0.256 e. The molecule has 7 nitrogen and oxygen atoms in total. The Bertz CT molecular complexity index is 1650. The van der Waals surface area contributed by atoms with E-state index in [-0.39, 0.29) is 11.8 Å². The van der Waals surface area contributed by atoms with Crippen LogP contribution in [0, 0.1) is 6.92 Å². The van der Waals surface area contributed by atoms with Crippen molar-refractivity contribution >= 4 is 39.9 Å². The molecule has 0 unspecified atom stereocenters. The molecule has 1 saturated heterocycles.